The number of piperazine rings is 1. The van der Waals surface area contributed by atoms with Gasteiger partial charge in [0.05, 0.1) is 11.9 Å². The van der Waals surface area contributed by atoms with Crippen LogP contribution in [0.2, 0.25) is 0 Å². The molecule has 0 unspecified atom stereocenters. The van der Waals surface area contributed by atoms with Gasteiger partial charge in [0.1, 0.15) is 0 Å². The Morgan fingerprint density at radius 3 is 2.60 bits per heavy atom. The summed E-state index contributed by atoms with van der Waals surface area (Å²) < 4.78 is 5.42. The van der Waals surface area contributed by atoms with Crippen LogP contribution in [0.3, 0.4) is 0 Å². The Bertz CT molecular complexity index is 824. The summed E-state index contributed by atoms with van der Waals surface area (Å²) in [6.45, 7) is 10.0. The molecule has 8 nitrogen and oxygen atoms in total. The molecule has 0 atom stereocenters. The van der Waals surface area contributed by atoms with Gasteiger partial charge in [-0.25, -0.2) is 9.78 Å². The number of rotatable bonds is 5. The van der Waals surface area contributed by atoms with E-state index >= 15 is 0 Å². The number of hydrogen-bond acceptors (Lipinski definition) is 5. The number of anilines is 1. The van der Waals surface area contributed by atoms with Crippen molar-refractivity contribution < 1.29 is 9.53 Å². The van der Waals surface area contributed by atoms with Crippen LogP contribution in [0.1, 0.15) is 26.5 Å². The number of carbonyl (C=O) groups is 1. The second-order valence-electron chi connectivity index (χ2n) is 8.36. The lowest BCUT2D eigenvalue weighted by atomic mass is 10.1. The Morgan fingerprint density at radius 2 is 2.00 bits per heavy atom. The minimum Gasteiger partial charge on any atom is -0.391 e. The topological polar surface area (TPSA) is 85.5 Å². The maximum Gasteiger partial charge on any atom is 0.416 e. The van der Waals surface area contributed by atoms with Crippen LogP contribution in [0.15, 0.2) is 36.7 Å². The highest BCUT2D eigenvalue weighted by Crippen LogP contribution is 2.14. The normalized spacial score (nSPS) is 15.0. The molecule has 2 aromatic heterocycles. The van der Waals surface area contributed by atoms with Crippen LogP contribution >= 0.6 is 12.2 Å². The van der Waals surface area contributed by atoms with Gasteiger partial charge in [-0.3, -0.25) is 4.90 Å². The van der Waals surface area contributed by atoms with Crippen LogP contribution in [-0.4, -0.2) is 69.2 Å². The third-order valence-electron chi connectivity index (χ3n) is 4.66. The summed E-state index contributed by atoms with van der Waals surface area (Å²) in [5.41, 5.74) is 1.84. The van der Waals surface area contributed by atoms with Gasteiger partial charge >= 0.3 is 6.09 Å². The highest BCUT2D eigenvalue weighted by atomic mass is 32.1. The fraction of sp³-hybridized carbons (Fsp3) is 0.476. The molecule has 1 saturated heterocycles. The number of aromatic amines is 1. The molecule has 1 aliphatic heterocycles. The van der Waals surface area contributed by atoms with E-state index in [4.69, 9.17) is 17.0 Å². The molecule has 0 spiro atoms. The summed E-state index contributed by atoms with van der Waals surface area (Å²) in [5.74, 6) is 0.273. The first-order valence-electron chi connectivity index (χ1n) is 10.1. The summed E-state index contributed by atoms with van der Waals surface area (Å²) >= 11 is 5.28. The standard InChI is InChI=1S/C21H30N6O2S/c1-21(2,3)25-19(30)24-17-6-7-18(23-15-17)29-20(28)27-13-11-26(12-14-27)10-8-16-5-4-9-22-16/h4-7,9,15,22H,8,10-14H2,1-3H3,(H2,24,25,30). The maximum atomic E-state index is 12.4. The van der Waals surface area contributed by atoms with Crippen LogP contribution in [0.4, 0.5) is 10.5 Å². The molecule has 0 saturated carbocycles. The Balaban J connectivity index is 1.41. The highest BCUT2D eigenvalue weighted by Gasteiger charge is 2.22. The first-order valence-corrected chi connectivity index (χ1v) is 10.6. The maximum absolute atomic E-state index is 12.4. The van der Waals surface area contributed by atoms with Crippen molar-refractivity contribution in [2.75, 3.05) is 38.0 Å². The van der Waals surface area contributed by atoms with Crippen LogP contribution in [0.25, 0.3) is 0 Å². The molecular weight excluding hydrogens is 400 g/mol. The van der Waals surface area contributed by atoms with E-state index in [0.29, 0.717) is 18.2 Å². The van der Waals surface area contributed by atoms with E-state index in [1.807, 2.05) is 33.0 Å². The van der Waals surface area contributed by atoms with Gasteiger partial charge in [0, 0.05) is 62.6 Å². The van der Waals surface area contributed by atoms with Gasteiger partial charge in [-0.2, -0.15) is 0 Å². The van der Waals surface area contributed by atoms with Crippen molar-refractivity contribution in [3.8, 4) is 5.88 Å². The van der Waals surface area contributed by atoms with Gasteiger partial charge in [-0.05, 0) is 51.2 Å². The van der Waals surface area contributed by atoms with E-state index in [9.17, 15) is 4.79 Å². The largest absolute Gasteiger partial charge is 0.416 e. The summed E-state index contributed by atoms with van der Waals surface area (Å²) in [6, 6.07) is 7.55. The lowest BCUT2D eigenvalue weighted by molar-refractivity contribution is 0.110. The Labute approximate surface area is 183 Å². The third-order valence-corrected chi connectivity index (χ3v) is 4.87. The first kappa shape index (κ1) is 22.0. The highest BCUT2D eigenvalue weighted by molar-refractivity contribution is 7.80. The molecule has 3 rings (SSSR count). The van der Waals surface area contributed by atoms with Crippen LogP contribution in [0.5, 0.6) is 5.88 Å². The number of aromatic nitrogens is 2. The van der Waals surface area contributed by atoms with E-state index < -0.39 is 0 Å². The molecule has 162 valence electrons. The van der Waals surface area contributed by atoms with Gasteiger partial charge in [-0.1, -0.05) is 0 Å². The van der Waals surface area contributed by atoms with Crippen molar-refractivity contribution in [1.29, 1.82) is 0 Å². The average molecular weight is 431 g/mol. The number of nitrogens with zero attached hydrogens (tertiary/aromatic N) is 3. The van der Waals surface area contributed by atoms with Crippen LogP contribution in [0, 0.1) is 0 Å². The summed E-state index contributed by atoms with van der Waals surface area (Å²) in [6.07, 6.45) is 4.16. The molecule has 30 heavy (non-hydrogen) atoms. The zero-order valence-corrected chi connectivity index (χ0v) is 18.6. The number of amides is 1. The lowest BCUT2D eigenvalue weighted by Crippen LogP contribution is -2.50. The smallest absolute Gasteiger partial charge is 0.391 e. The van der Waals surface area contributed by atoms with Gasteiger partial charge in [0.2, 0.25) is 5.88 Å². The molecular formula is C21H30N6O2S. The molecule has 3 N–H and O–H groups in total. The van der Waals surface area contributed by atoms with Crippen LogP contribution < -0.4 is 15.4 Å². The van der Waals surface area contributed by atoms with Crippen molar-refractivity contribution in [3.05, 3.63) is 42.4 Å². The molecule has 3 heterocycles. The molecule has 0 bridgehead atoms. The quantitative estimate of drug-likeness (QED) is 0.629. The molecule has 1 amide bonds. The number of nitrogens with one attached hydrogen (secondary N) is 3. The van der Waals surface area contributed by atoms with Crippen molar-refractivity contribution in [2.24, 2.45) is 0 Å². The number of pyridine rings is 1. The van der Waals surface area contributed by atoms with Crippen molar-refractivity contribution in [1.82, 2.24) is 25.1 Å². The monoisotopic (exact) mass is 430 g/mol. The fourth-order valence-corrected chi connectivity index (χ4v) is 3.55. The minimum absolute atomic E-state index is 0.126. The summed E-state index contributed by atoms with van der Waals surface area (Å²) in [5, 5.41) is 6.76. The number of H-pyrrole nitrogens is 1. The molecule has 9 heteroatoms. The molecule has 1 fully saturated rings. The third kappa shape index (κ3) is 7.00. The fourth-order valence-electron chi connectivity index (χ4n) is 3.13. The zero-order chi connectivity index (χ0) is 21.6. The Hall–Kier alpha value is -2.65. The predicted molar refractivity (Wildman–Crippen MR) is 122 cm³/mol. The van der Waals surface area contributed by atoms with Gasteiger partial charge in [0.25, 0.3) is 0 Å². The molecule has 2 aromatic rings. The number of ether oxygens (including phenoxy) is 1. The number of carbonyl (C=O) groups excluding carboxylic acids is 1. The minimum atomic E-state index is -0.364. The Kier molecular flexibility index (Phi) is 7.28. The second-order valence-corrected chi connectivity index (χ2v) is 8.76. The van der Waals surface area contributed by atoms with Gasteiger partial charge in [-0.15, -0.1) is 0 Å². The first-order chi connectivity index (χ1) is 14.3. The van der Waals surface area contributed by atoms with Gasteiger partial charge in [0.15, 0.2) is 5.11 Å². The van der Waals surface area contributed by atoms with Crippen molar-refractivity contribution in [3.63, 3.8) is 0 Å². The zero-order valence-electron chi connectivity index (χ0n) is 17.8. The molecule has 0 aromatic carbocycles. The number of hydrogen-bond donors (Lipinski definition) is 3. The van der Waals surface area contributed by atoms with E-state index in [2.05, 4.69) is 31.6 Å². The van der Waals surface area contributed by atoms with E-state index in [1.165, 1.54) is 5.69 Å². The average Bonchev–Trinajstić information content (AvgIpc) is 3.20. The van der Waals surface area contributed by atoms with Crippen molar-refractivity contribution >= 4 is 29.1 Å². The number of thiocarbonyl (C=S) groups is 1. The van der Waals surface area contributed by atoms with Crippen LogP contribution in [-0.2, 0) is 6.42 Å². The van der Waals surface area contributed by atoms with E-state index in [0.717, 1.165) is 31.7 Å². The summed E-state index contributed by atoms with van der Waals surface area (Å²) in [4.78, 5) is 23.9. The van der Waals surface area contributed by atoms with Crippen molar-refractivity contribution in [2.45, 2.75) is 32.7 Å². The Morgan fingerprint density at radius 1 is 1.23 bits per heavy atom. The summed E-state index contributed by atoms with van der Waals surface area (Å²) in [7, 11) is 0. The predicted octanol–water partition coefficient (Wildman–Crippen LogP) is 2.85. The van der Waals surface area contributed by atoms with Gasteiger partial charge < -0.3 is 25.3 Å². The van der Waals surface area contributed by atoms with E-state index in [1.54, 1.807) is 23.2 Å². The second kappa shape index (κ2) is 9.90. The SMILES string of the molecule is CC(C)(C)NC(=S)Nc1ccc(OC(=O)N2CCN(CCc3ccc[nH]3)CC2)nc1. The molecule has 0 aliphatic carbocycles. The molecule has 0 radical (unpaired) electrons. The molecule has 1 aliphatic rings. The van der Waals surface area contributed by atoms with E-state index in [-0.39, 0.29) is 17.5 Å². The lowest BCUT2D eigenvalue weighted by Gasteiger charge is -2.33.